The van der Waals surface area contributed by atoms with Crippen LogP contribution in [0.5, 0.6) is 23.0 Å². The number of unbranched alkanes of at least 4 members (excludes halogenated alkanes) is 2. The maximum Gasteiger partial charge on any atom is 0.163 e. The molecule has 0 fully saturated rings. The van der Waals surface area contributed by atoms with E-state index in [0.29, 0.717) is 36.5 Å². The van der Waals surface area contributed by atoms with Gasteiger partial charge in [-0.15, -0.1) is 0 Å². The Hall–Kier alpha value is -2.73. The monoisotopic (exact) mass is 484 g/mol. The van der Waals surface area contributed by atoms with Crippen LogP contribution in [0.25, 0.3) is 0 Å². The number of aliphatic hydroxyl groups excluding tert-OH is 1. The quantitative estimate of drug-likeness (QED) is 0.260. The largest absolute Gasteiger partial charge is 0.507 e. The summed E-state index contributed by atoms with van der Waals surface area (Å²) in [5.74, 6) is 2.35. The summed E-state index contributed by atoms with van der Waals surface area (Å²) in [4.78, 5) is 11.7. The Morgan fingerprint density at radius 1 is 0.971 bits per heavy atom. The number of rotatable bonds is 14. The minimum absolute atomic E-state index is 0.0403. The summed E-state index contributed by atoms with van der Waals surface area (Å²) in [6.07, 6.45) is 7.78. The molecule has 0 aliphatic carbocycles. The predicted molar refractivity (Wildman–Crippen MR) is 137 cm³/mol. The van der Waals surface area contributed by atoms with Gasteiger partial charge in [0.2, 0.25) is 0 Å². The van der Waals surface area contributed by atoms with Crippen LogP contribution in [0.2, 0.25) is 0 Å². The number of ether oxygens (including phenoxy) is 3. The van der Waals surface area contributed by atoms with E-state index in [-0.39, 0.29) is 24.2 Å². The molecular weight excluding hydrogens is 444 g/mol. The highest BCUT2D eigenvalue weighted by Crippen LogP contribution is 2.38. The first-order chi connectivity index (χ1) is 17.0. The number of phenolic OH excluding ortho intramolecular Hbond substituents is 1. The van der Waals surface area contributed by atoms with Crippen LogP contribution in [-0.4, -0.2) is 41.9 Å². The molecule has 35 heavy (non-hydrogen) atoms. The molecule has 1 aliphatic heterocycles. The van der Waals surface area contributed by atoms with Gasteiger partial charge in [-0.1, -0.05) is 32.8 Å². The van der Waals surface area contributed by atoms with Crippen LogP contribution >= 0.6 is 0 Å². The van der Waals surface area contributed by atoms with Gasteiger partial charge in [0, 0.05) is 11.1 Å². The molecule has 0 bridgehead atoms. The topological polar surface area (TPSA) is 85.2 Å². The molecule has 1 heterocycles. The number of benzene rings is 2. The van der Waals surface area contributed by atoms with Crippen molar-refractivity contribution in [3.05, 3.63) is 46.5 Å². The molecule has 2 N–H and O–H groups in total. The Labute approximate surface area is 209 Å². The fourth-order valence-electron chi connectivity index (χ4n) is 4.57. The van der Waals surface area contributed by atoms with E-state index in [4.69, 9.17) is 14.2 Å². The first kappa shape index (κ1) is 26.9. The van der Waals surface area contributed by atoms with E-state index < -0.39 is 0 Å². The molecule has 2 aromatic carbocycles. The molecule has 6 heteroatoms. The summed E-state index contributed by atoms with van der Waals surface area (Å²) < 4.78 is 18.2. The molecule has 0 amide bonds. The van der Waals surface area contributed by atoms with Crippen molar-refractivity contribution >= 4 is 5.78 Å². The van der Waals surface area contributed by atoms with E-state index in [1.165, 1.54) is 12.5 Å². The van der Waals surface area contributed by atoms with Crippen LogP contribution in [0.1, 0.15) is 86.3 Å². The zero-order valence-corrected chi connectivity index (χ0v) is 21.4. The van der Waals surface area contributed by atoms with Crippen molar-refractivity contribution in [3.63, 3.8) is 0 Å². The van der Waals surface area contributed by atoms with Crippen molar-refractivity contribution in [3.8, 4) is 23.0 Å². The number of aryl methyl sites for hydroxylation is 1. The average Bonchev–Trinajstić information content (AvgIpc) is 2.85. The molecule has 6 nitrogen and oxygen atoms in total. The highest BCUT2D eigenvalue weighted by Gasteiger charge is 2.24. The number of ketones is 1. The van der Waals surface area contributed by atoms with Gasteiger partial charge in [0.15, 0.2) is 5.78 Å². The molecular formula is C29H40O6. The predicted octanol–water partition coefficient (Wildman–Crippen LogP) is 5.81. The van der Waals surface area contributed by atoms with E-state index in [0.717, 1.165) is 68.4 Å². The van der Waals surface area contributed by atoms with Gasteiger partial charge in [-0.25, -0.2) is 0 Å². The number of fused-ring (bicyclic) bond motifs is 1. The number of hydrogen-bond acceptors (Lipinski definition) is 6. The highest BCUT2D eigenvalue weighted by atomic mass is 16.5. The number of Topliss-reactive ketones (excluding diaryl/α,β-unsaturated/α-hetero) is 1. The fourth-order valence-corrected chi connectivity index (χ4v) is 4.57. The van der Waals surface area contributed by atoms with Gasteiger partial charge >= 0.3 is 0 Å². The van der Waals surface area contributed by atoms with Crippen LogP contribution in [0, 0.1) is 0 Å². The number of aliphatic hydroxyl groups is 1. The second-order valence-corrected chi connectivity index (χ2v) is 9.24. The summed E-state index contributed by atoms with van der Waals surface area (Å²) in [5, 5.41) is 20.0. The first-order valence-corrected chi connectivity index (χ1v) is 13.0. The number of aromatic hydroxyl groups is 1. The third-order valence-corrected chi connectivity index (χ3v) is 6.45. The van der Waals surface area contributed by atoms with E-state index in [1.807, 2.05) is 6.92 Å². The maximum atomic E-state index is 11.7. The summed E-state index contributed by atoms with van der Waals surface area (Å²) in [5.41, 5.74) is 3.38. The van der Waals surface area contributed by atoms with Crippen LogP contribution < -0.4 is 14.2 Å². The zero-order valence-electron chi connectivity index (χ0n) is 21.4. The highest BCUT2D eigenvalue weighted by molar-refractivity contribution is 5.97. The number of phenols is 1. The molecule has 1 aliphatic rings. The van der Waals surface area contributed by atoms with Gasteiger partial charge < -0.3 is 24.4 Å². The Morgan fingerprint density at radius 2 is 1.60 bits per heavy atom. The third-order valence-electron chi connectivity index (χ3n) is 6.45. The molecule has 2 aromatic rings. The van der Waals surface area contributed by atoms with Gasteiger partial charge in [0.1, 0.15) is 29.1 Å². The average molecular weight is 485 g/mol. The first-order valence-electron chi connectivity index (χ1n) is 13.0. The Bertz CT molecular complexity index is 984. The van der Waals surface area contributed by atoms with Crippen molar-refractivity contribution in [1.29, 1.82) is 0 Å². The van der Waals surface area contributed by atoms with E-state index in [1.54, 1.807) is 12.1 Å². The Kier molecular flexibility index (Phi) is 10.3. The van der Waals surface area contributed by atoms with E-state index >= 15 is 0 Å². The van der Waals surface area contributed by atoms with Crippen molar-refractivity contribution in [1.82, 2.24) is 0 Å². The van der Waals surface area contributed by atoms with E-state index in [2.05, 4.69) is 19.1 Å². The lowest BCUT2D eigenvalue weighted by atomic mass is 9.96. The second kappa shape index (κ2) is 13.4. The number of carbonyl (C=O) groups excluding carboxylic acids is 1. The van der Waals surface area contributed by atoms with Crippen LogP contribution in [0.15, 0.2) is 24.3 Å². The minimum Gasteiger partial charge on any atom is -0.507 e. The molecule has 0 aromatic heterocycles. The summed E-state index contributed by atoms with van der Waals surface area (Å²) in [6, 6.07) is 7.58. The van der Waals surface area contributed by atoms with Crippen LogP contribution in [-0.2, 0) is 19.3 Å². The molecule has 0 radical (unpaired) electrons. The number of carbonyl (C=O) groups is 1. The Morgan fingerprint density at radius 3 is 2.23 bits per heavy atom. The van der Waals surface area contributed by atoms with Gasteiger partial charge in [-0.3, -0.25) is 4.79 Å². The van der Waals surface area contributed by atoms with Gasteiger partial charge in [0.25, 0.3) is 0 Å². The van der Waals surface area contributed by atoms with Gasteiger partial charge in [-0.2, -0.15) is 0 Å². The fraction of sp³-hybridized carbons (Fsp3) is 0.552. The SMILES string of the molecule is CCCc1c(OCCCCCOc2ccc3c(c2CCC)OC(CO)CC3)ccc(C(C)=O)c1O. The molecule has 1 unspecified atom stereocenters. The summed E-state index contributed by atoms with van der Waals surface area (Å²) >= 11 is 0. The summed E-state index contributed by atoms with van der Waals surface area (Å²) in [7, 11) is 0. The van der Waals surface area contributed by atoms with Crippen molar-refractivity contribution in [2.45, 2.75) is 84.7 Å². The third kappa shape index (κ3) is 6.91. The lowest BCUT2D eigenvalue weighted by molar-refractivity contribution is 0.0962. The molecule has 0 saturated carbocycles. The zero-order chi connectivity index (χ0) is 25.2. The molecule has 1 atom stereocenters. The van der Waals surface area contributed by atoms with Crippen molar-refractivity contribution < 1.29 is 29.2 Å². The van der Waals surface area contributed by atoms with Crippen LogP contribution in [0.4, 0.5) is 0 Å². The van der Waals surface area contributed by atoms with Crippen LogP contribution in [0.3, 0.4) is 0 Å². The van der Waals surface area contributed by atoms with Crippen molar-refractivity contribution in [2.75, 3.05) is 19.8 Å². The maximum absolute atomic E-state index is 11.7. The normalized spacial score (nSPS) is 14.8. The minimum atomic E-state index is -0.146. The molecule has 0 spiro atoms. The van der Waals surface area contributed by atoms with Gasteiger partial charge in [-0.05, 0) is 75.6 Å². The lowest BCUT2D eigenvalue weighted by Gasteiger charge is -2.28. The molecule has 192 valence electrons. The Balaban J connectivity index is 1.49. The lowest BCUT2D eigenvalue weighted by Crippen LogP contribution is -2.27. The standard InChI is InChI=1S/C29H40O6/c1-4-9-24-26(16-14-23(20(3)31)28(24)32)33-17-7-6-8-18-34-27-15-12-21-11-13-22(19-30)35-29(21)25(27)10-5-2/h12,14-16,22,30,32H,4-11,13,17-19H2,1-3H3. The van der Waals surface area contributed by atoms with Gasteiger partial charge in [0.05, 0.1) is 25.4 Å². The van der Waals surface area contributed by atoms with E-state index in [9.17, 15) is 15.0 Å². The van der Waals surface area contributed by atoms with Crippen molar-refractivity contribution in [2.24, 2.45) is 0 Å². The second-order valence-electron chi connectivity index (χ2n) is 9.24. The smallest absolute Gasteiger partial charge is 0.163 e. The molecule has 3 rings (SSSR count). The molecule has 0 saturated heterocycles. The number of hydrogen-bond donors (Lipinski definition) is 2. The summed E-state index contributed by atoms with van der Waals surface area (Å²) in [6.45, 7) is 6.85.